The molecule has 0 bridgehead atoms. The molecular formula is C30H30N6O4. The normalized spacial score (nSPS) is 13.3. The van der Waals surface area contributed by atoms with Crippen molar-refractivity contribution in [2.24, 2.45) is 7.05 Å². The maximum absolute atomic E-state index is 13.6. The Labute approximate surface area is 232 Å². The van der Waals surface area contributed by atoms with Gasteiger partial charge in [0.05, 0.1) is 24.1 Å². The number of hydrogen-bond acceptors (Lipinski definition) is 5. The largest absolute Gasteiger partial charge is 0.497 e. The molecule has 2 aromatic heterocycles. The van der Waals surface area contributed by atoms with Gasteiger partial charge in [-0.1, -0.05) is 0 Å². The lowest BCUT2D eigenvalue weighted by Gasteiger charge is -2.12. The van der Waals surface area contributed by atoms with Crippen LogP contribution < -0.4 is 20.1 Å². The summed E-state index contributed by atoms with van der Waals surface area (Å²) in [5.74, 6) is 1.00. The van der Waals surface area contributed by atoms with Gasteiger partial charge < -0.3 is 29.5 Å². The smallest absolute Gasteiger partial charge is 0.318 e. The summed E-state index contributed by atoms with van der Waals surface area (Å²) < 4.78 is 15.7. The van der Waals surface area contributed by atoms with Crippen LogP contribution in [0.25, 0.3) is 33.1 Å². The molecule has 4 aromatic rings. The third-order valence-electron chi connectivity index (χ3n) is 7.14. The summed E-state index contributed by atoms with van der Waals surface area (Å²) in [5, 5.41) is 10.7. The minimum absolute atomic E-state index is 0.176. The Balaban J connectivity index is 1.72. The average molecular weight is 539 g/mol. The highest BCUT2D eigenvalue weighted by Crippen LogP contribution is 2.42. The number of nitrogens with zero attached hydrogens (tertiary/aromatic N) is 4. The lowest BCUT2D eigenvalue weighted by atomic mass is 10.0. The molecule has 204 valence electrons. The number of amides is 2. The Morgan fingerprint density at radius 2 is 2.02 bits per heavy atom. The molecule has 0 atom stereocenters. The number of aromatic nitrogens is 3. The number of rotatable bonds is 7. The van der Waals surface area contributed by atoms with Gasteiger partial charge in [0, 0.05) is 60.5 Å². The number of ketones is 1. The van der Waals surface area contributed by atoms with E-state index in [1.165, 1.54) is 7.05 Å². The van der Waals surface area contributed by atoms with Gasteiger partial charge >= 0.3 is 6.03 Å². The molecule has 40 heavy (non-hydrogen) atoms. The fraction of sp³-hybridized carbons (Fsp3) is 0.267. The van der Waals surface area contributed by atoms with Crippen LogP contribution in [0.15, 0.2) is 42.2 Å². The number of carbonyl (C=O) groups is 2. The highest BCUT2D eigenvalue weighted by molar-refractivity contribution is 6.16. The summed E-state index contributed by atoms with van der Waals surface area (Å²) in [6, 6.07) is 10.5. The van der Waals surface area contributed by atoms with Crippen LogP contribution in [0.3, 0.4) is 0 Å². The van der Waals surface area contributed by atoms with Crippen LogP contribution in [0.4, 0.5) is 10.5 Å². The predicted molar refractivity (Wildman–Crippen MR) is 154 cm³/mol. The van der Waals surface area contributed by atoms with Crippen molar-refractivity contribution < 1.29 is 19.1 Å². The summed E-state index contributed by atoms with van der Waals surface area (Å²) >= 11 is 0. The third kappa shape index (κ3) is 4.56. The van der Waals surface area contributed by atoms with E-state index in [1.807, 2.05) is 43.8 Å². The van der Waals surface area contributed by atoms with E-state index in [-0.39, 0.29) is 17.6 Å². The topological polar surface area (TPSA) is 104 Å². The van der Waals surface area contributed by atoms with Gasteiger partial charge in [0.2, 0.25) is 12.3 Å². The number of anilines is 1. The van der Waals surface area contributed by atoms with Gasteiger partial charge in [-0.2, -0.15) is 5.10 Å². The van der Waals surface area contributed by atoms with E-state index in [0.29, 0.717) is 42.3 Å². The molecule has 1 aliphatic rings. The number of aryl methyl sites for hydroxylation is 3. The lowest BCUT2D eigenvalue weighted by Crippen LogP contribution is -2.24. The van der Waals surface area contributed by atoms with Gasteiger partial charge in [-0.3, -0.25) is 9.48 Å². The summed E-state index contributed by atoms with van der Waals surface area (Å²) in [6.45, 7) is 12.3. The molecule has 0 spiro atoms. The standard InChI is InChI=1S/C30H30N6O4/c1-17-27(18(2)35(5)34-17)28-22(21-15-20(39-6)9-10-24(21)36(28)13-7-12-31-3)16-26-29(37)23-14-19(33-30(38)32-4)8-11-25(23)40-26/h8-11,14-16H,7,12-13H2,1-2,4-6H3,(H2,32,33,38). The molecule has 2 amide bonds. The van der Waals surface area contributed by atoms with Crippen molar-refractivity contribution in [2.75, 3.05) is 26.0 Å². The molecule has 2 N–H and O–H groups in total. The fourth-order valence-corrected chi connectivity index (χ4v) is 5.15. The van der Waals surface area contributed by atoms with Crippen molar-refractivity contribution in [2.45, 2.75) is 26.8 Å². The van der Waals surface area contributed by atoms with Crippen LogP contribution in [0, 0.1) is 20.4 Å². The second-order valence-corrected chi connectivity index (χ2v) is 9.56. The maximum atomic E-state index is 13.6. The highest BCUT2D eigenvalue weighted by Gasteiger charge is 2.30. The molecule has 0 saturated carbocycles. The number of carbonyl (C=O) groups excluding carboxylic acids is 2. The SMILES string of the molecule is [C-]#[N+]CCCn1c(-c2c(C)nn(C)c2C)c(C=C2Oc3ccc(NC(=O)NC)cc3C2=O)c2cc(OC)ccc21. The number of Topliss-reactive ketones (excluding diaryl/α,β-unsaturated/α-hetero) is 1. The van der Waals surface area contributed by atoms with Crippen molar-refractivity contribution in [1.82, 2.24) is 19.7 Å². The van der Waals surface area contributed by atoms with Crippen LogP contribution in [0.2, 0.25) is 0 Å². The van der Waals surface area contributed by atoms with Gasteiger partial charge in [-0.25, -0.2) is 11.4 Å². The molecule has 0 radical (unpaired) electrons. The molecule has 2 aromatic carbocycles. The number of ether oxygens (including phenoxy) is 2. The van der Waals surface area contributed by atoms with Gasteiger partial charge in [-0.05, 0) is 56.3 Å². The van der Waals surface area contributed by atoms with E-state index in [0.717, 1.165) is 39.1 Å². The van der Waals surface area contributed by atoms with E-state index >= 15 is 0 Å². The number of fused-ring (bicyclic) bond motifs is 2. The van der Waals surface area contributed by atoms with E-state index in [9.17, 15) is 9.59 Å². The van der Waals surface area contributed by atoms with Crippen molar-refractivity contribution in [3.63, 3.8) is 0 Å². The number of methoxy groups -OCH3 is 1. The Hall–Kier alpha value is -5.04. The molecule has 0 fully saturated rings. The summed E-state index contributed by atoms with van der Waals surface area (Å²) in [5.41, 5.74) is 6.31. The molecule has 3 heterocycles. The Morgan fingerprint density at radius 3 is 2.70 bits per heavy atom. The first-order chi connectivity index (χ1) is 19.3. The summed E-state index contributed by atoms with van der Waals surface area (Å²) in [4.78, 5) is 28.9. The number of nitrogens with one attached hydrogen (secondary N) is 2. The fourth-order valence-electron chi connectivity index (χ4n) is 5.15. The zero-order valence-corrected chi connectivity index (χ0v) is 23.1. The van der Waals surface area contributed by atoms with Crippen molar-refractivity contribution >= 4 is 34.5 Å². The second-order valence-electron chi connectivity index (χ2n) is 9.56. The lowest BCUT2D eigenvalue weighted by molar-refractivity contribution is 0.101. The maximum Gasteiger partial charge on any atom is 0.318 e. The zero-order chi connectivity index (χ0) is 28.6. The van der Waals surface area contributed by atoms with Crippen LogP contribution in [0.5, 0.6) is 11.5 Å². The van der Waals surface area contributed by atoms with Crippen LogP contribution in [-0.4, -0.2) is 46.9 Å². The highest BCUT2D eigenvalue weighted by atomic mass is 16.5. The zero-order valence-electron chi connectivity index (χ0n) is 23.1. The first kappa shape index (κ1) is 26.6. The van der Waals surface area contributed by atoms with Crippen LogP contribution >= 0.6 is 0 Å². The Bertz CT molecular complexity index is 1740. The van der Waals surface area contributed by atoms with Crippen LogP contribution in [0.1, 0.15) is 33.7 Å². The average Bonchev–Trinajstić information content (AvgIpc) is 3.51. The monoisotopic (exact) mass is 538 g/mol. The molecule has 1 aliphatic heterocycles. The molecule has 0 saturated heterocycles. The van der Waals surface area contributed by atoms with E-state index < -0.39 is 0 Å². The van der Waals surface area contributed by atoms with Gasteiger partial charge in [0.1, 0.15) is 11.5 Å². The summed E-state index contributed by atoms with van der Waals surface area (Å²) in [6.07, 6.45) is 2.45. The molecule has 0 unspecified atom stereocenters. The van der Waals surface area contributed by atoms with Gasteiger partial charge in [0.15, 0.2) is 5.76 Å². The molecule has 10 nitrogen and oxygen atoms in total. The quantitative estimate of drug-likeness (QED) is 0.188. The number of urea groups is 1. The number of allylic oxidation sites excluding steroid dienone is 1. The van der Waals surface area contributed by atoms with E-state index in [1.54, 1.807) is 31.4 Å². The van der Waals surface area contributed by atoms with Gasteiger partial charge in [0.25, 0.3) is 0 Å². The Kier molecular flexibility index (Phi) is 7.05. The first-order valence-electron chi connectivity index (χ1n) is 12.9. The number of benzene rings is 2. The van der Waals surface area contributed by atoms with Crippen molar-refractivity contribution in [1.29, 1.82) is 0 Å². The van der Waals surface area contributed by atoms with E-state index in [2.05, 4.69) is 25.1 Å². The molecule has 0 aliphatic carbocycles. The third-order valence-corrected chi connectivity index (χ3v) is 7.14. The summed E-state index contributed by atoms with van der Waals surface area (Å²) in [7, 11) is 5.05. The molecular weight excluding hydrogens is 508 g/mol. The minimum atomic E-state index is -0.381. The number of hydrogen-bond donors (Lipinski definition) is 2. The second kappa shape index (κ2) is 10.6. The minimum Gasteiger partial charge on any atom is -0.497 e. The van der Waals surface area contributed by atoms with Gasteiger partial charge in [-0.15, -0.1) is 0 Å². The Morgan fingerprint density at radius 1 is 1.23 bits per heavy atom. The molecule has 5 rings (SSSR count). The van der Waals surface area contributed by atoms with Crippen molar-refractivity contribution in [3.8, 4) is 22.8 Å². The van der Waals surface area contributed by atoms with Crippen molar-refractivity contribution in [3.05, 3.63) is 76.1 Å². The molecule has 10 heteroatoms. The predicted octanol–water partition coefficient (Wildman–Crippen LogP) is 5.34. The van der Waals surface area contributed by atoms with Crippen LogP contribution in [-0.2, 0) is 13.6 Å². The van der Waals surface area contributed by atoms with E-state index in [4.69, 9.17) is 16.0 Å². The first-order valence-corrected chi connectivity index (χ1v) is 12.9.